The predicted molar refractivity (Wildman–Crippen MR) is 110 cm³/mol. The van der Waals surface area contributed by atoms with Gasteiger partial charge in [0.1, 0.15) is 18.1 Å². The van der Waals surface area contributed by atoms with Gasteiger partial charge in [0.2, 0.25) is 17.7 Å². The summed E-state index contributed by atoms with van der Waals surface area (Å²) >= 11 is 0. The number of nitrogens with zero attached hydrogens (tertiary/aromatic N) is 2. The zero-order valence-corrected chi connectivity index (χ0v) is 19.3. The molecule has 9 nitrogen and oxygen atoms in total. The van der Waals surface area contributed by atoms with Gasteiger partial charge in [-0.3, -0.25) is 19.2 Å². The number of carbonyl (C=O) groups is 4. The molecule has 2 fully saturated rings. The van der Waals surface area contributed by atoms with Crippen LogP contribution in [0.4, 0.5) is 13.2 Å². The second kappa shape index (κ2) is 9.19. The second-order valence-electron chi connectivity index (χ2n) is 10.3. The lowest BCUT2D eigenvalue weighted by atomic mass is 9.72. The topological polar surface area (TPSA) is 131 Å². The molecule has 0 aromatic carbocycles. The first kappa shape index (κ1) is 26.4. The molecular formula is C21H30F3N5O4. The van der Waals surface area contributed by atoms with Gasteiger partial charge in [-0.1, -0.05) is 34.6 Å². The van der Waals surface area contributed by atoms with Crippen LogP contribution in [0.1, 0.15) is 47.5 Å². The number of hydrogen-bond acceptors (Lipinski definition) is 5. The van der Waals surface area contributed by atoms with Crippen molar-refractivity contribution in [3.8, 4) is 6.07 Å². The summed E-state index contributed by atoms with van der Waals surface area (Å²) in [5.74, 6) is -4.30. The summed E-state index contributed by atoms with van der Waals surface area (Å²) in [6, 6.07) is -1.59. The van der Waals surface area contributed by atoms with Crippen LogP contribution in [0.3, 0.4) is 0 Å². The maximum absolute atomic E-state index is 13.2. The fourth-order valence-corrected chi connectivity index (χ4v) is 4.20. The van der Waals surface area contributed by atoms with Crippen molar-refractivity contribution < 1.29 is 32.3 Å². The molecule has 0 radical (unpaired) electrons. The average Bonchev–Trinajstić information content (AvgIpc) is 3.05. The van der Waals surface area contributed by atoms with E-state index in [1.54, 1.807) is 19.2 Å². The molecule has 4 atom stereocenters. The Kier molecular flexibility index (Phi) is 7.36. The summed E-state index contributed by atoms with van der Waals surface area (Å²) in [6.45, 7) is 8.52. The Balaban J connectivity index is 2.17. The molecule has 2 heterocycles. The summed E-state index contributed by atoms with van der Waals surface area (Å²) in [5, 5.41) is 16.4. The van der Waals surface area contributed by atoms with Crippen LogP contribution in [0.25, 0.3) is 0 Å². The Labute approximate surface area is 190 Å². The highest BCUT2D eigenvalue weighted by molar-refractivity contribution is 5.95. The van der Waals surface area contributed by atoms with E-state index >= 15 is 0 Å². The van der Waals surface area contributed by atoms with Gasteiger partial charge in [0.25, 0.3) is 0 Å². The molecular weight excluding hydrogens is 443 g/mol. The number of hydrogen-bond donors (Lipinski definition) is 3. The third kappa shape index (κ3) is 5.94. The van der Waals surface area contributed by atoms with Gasteiger partial charge in [0, 0.05) is 24.4 Å². The number of rotatable bonds is 6. The zero-order valence-electron chi connectivity index (χ0n) is 19.3. The highest BCUT2D eigenvalue weighted by Gasteiger charge is 2.55. The molecule has 2 saturated heterocycles. The van der Waals surface area contributed by atoms with E-state index in [9.17, 15) is 37.6 Å². The van der Waals surface area contributed by atoms with Crippen LogP contribution in [0, 0.1) is 28.1 Å². The minimum Gasteiger partial charge on any atom is -0.356 e. The molecule has 2 aliphatic heterocycles. The van der Waals surface area contributed by atoms with Crippen LogP contribution in [-0.2, 0) is 19.2 Å². The van der Waals surface area contributed by atoms with Crippen molar-refractivity contribution >= 4 is 23.6 Å². The van der Waals surface area contributed by atoms with Crippen LogP contribution in [0.5, 0.6) is 0 Å². The molecule has 0 unspecified atom stereocenters. The van der Waals surface area contributed by atoms with Crippen LogP contribution in [0.2, 0.25) is 0 Å². The number of nitriles is 1. The molecule has 0 bridgehead atoms. The Morgan fingerprint density at radius 1 is 1.24 bits per heavy atom. The van der Waals surface area contributed by atoms with Crippen LogP contribution in [-0.4, -0.2) is 65.9 Å². The fraction of sp³-hybridized carbons (Fsp3) is 0.762. The first-order valence-electron chi connectivity index (χ1n) is 10.6. The van der Waals surface area contributed by atoms with Crippen molar-refractivity contribution in [2.45, 2.75) is 71.8 Å². The van der Waals surface area contributed by atoms with E-state index in [1.165, 1.54) is 20.8 Å². The van der Waals surface area contributed by atoms with E-state index in [0.717, 1.165) is 4.90 Å². The molecule has 33 heavy (non-hydrogen) atoms. The largest absolute Gasteiger partial charge is 0.471 e. The normalized spacial score (nSPS) is 24.1. The Hall–Kier alpha value is -2.84. The summed E-state index contributed by atoms with van der Waals surface area (Å²) in [7, 11) is 0. The number of likely N-dealkylation sites (tertiary alicyclic amines) is 1. The van der Waals surface area contributed by atoms with Gasteiger partial charge in [-0.05, 0) is 18.3 Å². The third-order valence-electron chi connectivity index (χ3n) is 5.96. The predicted octanol–water partition coefficient (Wildman–Crippen LogP) is 0.851. The summed E-state index contributed by atoms with van der Waals surface area (Å²) < 4.78 is 38.4. The number of alkyl halides is 3. The van der Waals surface area contributed by atoms with Crippen LogP contribution in [0.15, 0.2) is 0 Å². The van der Waals surface area contributed by atoms with Crippen molar-refractivity contribution in [2.75, 3.05) is 13.1 Å². The van der Waals surface area contributed by atoms with Gasteiger partial charge in [-0.15, -0.1) is 0 Å². The van der Waals surface area contributed by atoms with Gasteiger partial charge < -0.3 is 20.9 Å². The maximum atomic E-state index is 13.2. The van der Waals surface area contributed by atoms with Crippen LogP contribution < -0.4 is 16.0 Å². The first-order valence-corrected chi connectivity index (χ1v) is 10.6. The lowest BCUT2D eigenvalue weighted by Crippen LogP contribution is -2.73. The average molecular weight is 473 g/mol. The lowest BCUT2D eigenvalue weighted by Gasteiger charge is -2.54. The van der Waals surface area contributed by atoms with E-state index in [0.29, 0.717) is 13.0 Å². The highest BCUT2D eigenvalue weighted by Crippen LogP contribution is 2.39. The SMILES string of the molecule is CC(C)(C)[C@H](NC(=O)C(F)(F)F)C(=O)N1CC(C)(C)[C@H]1C(=O)N[C@H](C#N)C[C@@H]1CCNC1=O. The summed E-state index contributed by atoms with van der Waals surface area (Å²) in [6.07, 6.45) is -4.51. The molecule has 0 aromatic heterocycles. The summed E-state index contributed by atoms with van der Waals surface area (Å²) in [5.41, 5.74) is -1.77. The minimum atomic E-state index is -5.17. The standard InChI is InChI=1S/C21H30F3N5O4/c1-19(2,3)13(28-18(33)21(22,23)24)17(32)29-10-20(4,5)14(29)16(31)27-12(9-25)8-11-6-7-26-15(11)30/h11-14H,6-8,10H2,1-5H3,(H,26,30)(H,27,31)(H,28,33)/t11-,12-,13+,14+/m0/s1. The number of amides is 4. The Morgan fingerprint density at radius 3 is 2.27 bits per heavy atom. The van der Waals surface area contributed by atoms with Gasteiger partial charge in [-0.25, -0.2) is 0 Å². The van der Waals surface area contributed by atoms with Gasteiger partial charge >= 0.3 is 12.1 Å². The molecule has 12 heteroatoms. The number of halogens is 3. The molecule has 0 aromatic rings. The van der Waals surface area contributed by atoms with Gasteiger partial charge in [0.05, 0.1) is 6.07 Å². The molecule has 0 saturated carbocycles. The third-order valence-corrected chi connectivity index (χ3v) is 5.96. The molecule has 4 amide bonds. The quantitative estimate of drug-likeness (QED) is 0.526. The highest BCUT2D eigenvalue weighted by atomic mass is 19.4. The molecule has 0 aliphatic carbocycles. The molecule has 184 valence electrons. The van der Waals surface area contributed by atoms with Gasteiger partial charge in [0.15, 0.2) is 0 Å². The van der Waals surface area contributed by atoms with Crippen molar-refractivity contribution in [1.82, 2.24) is 20.9 Å². The first-order chi connectivity index (χ1) is 15.0. The maximum Gasteiger partial charge on any atom is 0.471 e. The second-order valence-corrected chi connectivity index (χ2v) is 10.3. The minimum absolute atomic E-state index is 0.0840. The number of carbonyl (C=O) groups excluding carboxylic acids is 4. The monoisotopic (exact) mass is 473 g/mol. The lowest BCUT2D eigenvalue weighted by molar-refractivity contribution is -0.178. The van der Waals surface area contributed by atoms with E-state index < -0.39 is 58.8 Å². The van der Waals surface area contributed by atoms with Crippen molar-refractivity contribution in [2.24, 2.45) is 16.7 Å². The van der Waals surface area contributed by atoms with E-state index in [4.69, 9.17) is 0 Å². The van der Waals surface area contributed by atoms with E-state index in [1.807, 2.05) is 6.07 Å². The Morgan fingerprint density at radius 2 is 1.85 bits per heavy atom. The number of nitrogens with one attached hydrogen (secondary N) is 3. The zero-order chi connectivity index (χ0) is 25.4. The molecule has 2 rings (SSSR count). The smallest absolute Gasteiger partial charge is 0.356 e. The van der Waals surface area contributed by atoms with Crippen LogP contribution >= 0.6 is 0 Å². The fourth-order valence-electron chi connectivity index (χ4n) is 4.20. The van der Waals surface area contributed by atoms with Gasteiger partial charge in [-0.2, -0.15) is 18.4 Å². The molecule has 3 N–H and O–H groups in total. The van der Waals surface area contributed by atoms with E-state index in [-0.39, 0.29) is 18.9 Å². The Bertz CT molecular complexity index is 859. The molecule has 2 aliphatic rings. The molecule has 0 spiro atoms. The summed E-state index contributed by atoms with van der Waals surface area (Å²) in [4.78, 5) is 50.6. The van der Waals surface area contributed by atoms with Crippen molar-refractivity contribution in [3.63, 3.8) is 0 Å². The van der Waals surface area contributed by atoms with E-state index in [2.05, 4.69) is 10.6 Å². The van der Waals surface area contributed by atoms with Crippen molar-refractivity contribution in [1.29, 1.82) is 5.26 Å². The van der Waals surface area contributed by atoms with Crippen molar-refractivity contribution in [3.05, 3.63) is 0 Å².